The maximum atomic E-state index is 5.59. The summed E-state index contributed by atoms with van der Waals surface area (Å²) in [7, 11) is 3.48. The standard InChI is InChI=1S/C24H32N2O2/c1-27-22-17-20(18-23(19-22)28-2)24(11-7-4-8-12-24)26-15-13-25(14-16-26)21-9-5-3-6-10-21/h3,5-6,9-10,17-19H,4,7-8,11-16H2,1-2H3. The second kappa shape index (κ2) is 8.44. The van der Waals surface area contributed by atoms with E-state index in [1.807, 2.05) is 6.07 Å². The number of para-hydroxylation sites is 1. The zero-order valence-electron chi connectivity index (χ0n) is 17.2. The van der Waals surface area contributed by atoms with E-state index < -0.39 is 0 Å². The molecule has 4 nitrogen and oxygen atoms in total. The van der Waals surface area contributed by atoms with Gasteiger partial charge in [0.1, 0.15) is 11.5 Å². The smallest absolute Gasteiger partial charge is 0.122 e. The third-order valence-electron chi connectivity index (χ3n) is 6.58. The highest BCUT2D eigenvalue weighted by molar-refractivity contribution is 5.47. The minimum Gasteiger partial charge on any atom is -0.497 e. The molecule has 4 rings (SSSR count). The van der Waals surface area contributed by atoms with Crippen molar-refractivity contribution in [2.45, 2.75) is 37.6 Å². The summed E-state index contributed by atoms with van der Waals surface area (Å²) in [5, 5.41) is 0. The van der Waals surface area contributed by atoms with E-state index in [2.05, 4.69) is 52.3 Å². The van der Waals surface area contributed by atoms with Gasteiger partial charge in [0.05, 0.1) is 14.2 Å². The Balaban J connectivity index is 1.60. The Hall–Kier alpha value is -2.20. The van der Waals surface area contributed by atoms with Gasteiger partial charge < -0.3 is 14.4 Å². The molecule has 1 aliphatic carbocycles. The number of benzene rings is 2. The van der Waals surface area contributed by atoms with Crippen molar-refractivity contribution < 1.29 is 9.47 Å². The van der Waals surface area contributed by atoms with Crippen LogP contribution in [-0.4, -0.2) is 45.3 Å². The normalized spacial score (nSPS) is 20.0. The van der Waals surface area contributed by atoms with E-state index >= 15 is 0 Å². The molecule has 2 fully saturated rings. The van der Waals surface area contributed by atoms with Gasteiger partial charge in [-0.3, -0.25) is 4.90 Å². The van der Waals surface area contributed by atoms with Crippen LogP contribution in [0.1, 0.15) is 37.7 Å². The first-order chi connectivity index (χ1) is 13.7. The monoisotopic (exact) mass is 380 g/mol. The third kappa shape index (κ3) is 3.70. The quantitative estimate of drug-likeness (QED) is 0.752. The summed E-state index contributed by atoms with van der Waals surface area (Å²) in [6.07, 6.45) is 6.35. The predicted molar refractivity (Wildman–Crippen MR) is 115 cm³/mol. The van der Waals surface area contributed by atoms with Crippen molar-refractivity contribution >= 4 is 5.69 Å². The number of rotatable bonds is 5. The molecular formula is C24H32N2O2. The SMILES string of the molecule is COc1cc(OC)cc(C2(N3CCN(c4ccccc4)CC3)CCCCC2)c1. The lowest BCUT2D eigenvalue weighted by molar-refractivity contribution is 0.0413. The van der Waals surface area contributed by atoms with Gasteiger partial charge in [-0.1, -0.05) is 37.5 Å². The Morgan fingerprint density at radius 1 is 0.750 bits per heavy atom. The molecule has 1 aliphatic heterocycles. The van der Waals surface area contributed by atoms with Crippen molar-refractivity contribution in [2.24, 2.45) is 0 Å². The number of ether oxygens (including phenoxy) is 2. The van der Waals surface area contributed by atoms with E-state index in [1.54, 1.807) is 14.2 Å². The van der Waals surface area contributed by atoms with Crippen molar-refractivity contribution in [2.75, 3.05) is 45.3 Å². The first-order valence-electron chi connectivity index (χ1n) is 10.5. The highest BCUT2D eigenvalue weighted by Crippen LogP contribution is 2.45. The highest BCUT2D eigenvalue weighted by Gasteiger charge is 2.41. The number of hydrogen-bond donors (Lipinski definition) is 0. The second-order valence-electron chi connectivity index (χ2n) is 8.00. The Labute approximate surface area is 169 Å². The van der Waals surface area contributed by atoms with Crippen LogP contribution in [0.25, 0.3) is 0 Å². The molecule has 0 amide bonds. The van der Waals surface area contributed by atoms with Crippen LogP contribution in [0.2, 0.25) is 0 Å². The van der Waals surface area contributed by atoms with Gasteiger partial charge in [-0.2, -0.15) is 0 Å². The van der Waals surface area contributed by atoms with Gasteiger partial charge in [0.25, 0.3) is 0 Å². The number of anilines is 1. The fraction of sp³-hybridized carbons (Fsp3) is 0.500. The van der Waals surface area contributed by atoms with Crippen LogP contribution in [0.5, 0.6) is 11.5 Å². The third-order valence-corrected chi connectivity index (χ3v) is 6.58. The largest absolute Gasteiger partial charge is 0.497 e. The van der Waals surface area contributed by atoms with Crippen LogP contribution in [0.3, 0.4) is 0 Å². The van der Waals surface area contributed by atoms with Gasteiger partial charge in [0, 0.05) is 43.5 Å². The number of piperazine rings is 1. The summed E-state index contributed by atoms with van der Waals surface area (Å²) in [5.74, 6) is 1.78. The first-order valence-corrected chi connectivity index (χ1v) is 10.5. The van der Waals surface area contributed by atoms with E-state index in [0.717, 1.165) is 37.7 Å². The van der Waals surface area contributed by atoms with Crippen LogP contribution in [0, 0.1) is 0 Å². The van der Waals surface area contributed by atoms with E-state index in [9.17, 15) is 0 Å². The second-order valence-corrected chi connectivity index (χ2v) is 8.00. The summed E-state index contributed by atoms with van der Waals surface area (Å²) >= 11 is 0. The van der Waals surface area contributed by atoms with Gasteiger partial charge in [-0.15, -0.1) is 0 Å². The predicted octanol–water partition coefficient (Wildman–Crippen LogP) is 4.69. The number of methoxy groups -OCH3 is 2. The Morgan fingerprint density at radius 2 is 1.36 bits per heavy atom. The number of nitrogens with zero attached hydrogens (tertiary/aromatic N) is 2. The molecule has 4 heteroatoms. The van der Waals surface area contributed by atoms with E-state index in [-0.39, 0.29) is 5.54 Å². The average Bonchev–Trinajstić information content (AvgIpc) is 2.80. The minimum atomic E-state index is 0.100. The van der Waals surface area contributed by atoms with Gasteiger partial charge in [-0.25, -0.2) is 0 Å². The van der Waals surface area contributed by atoms with Crippen molar-refractivity contribution in [1.29, 1.82) is 0 Å². The lowest BCUT2D eigenvalue weighted by Crippen LogP contribution is -2.56. The van der Waals surface area contributed by atoms with E-state index in [1.165, 1.54) is 43.4 Å². The van der Waals surface area contributed by atoms with Crippen LogP contribution in [0.4, 0.5) is 5.69 Å². The molecule has 1 saturated heterocycles. The van der Waals surface area contributed by atoms with Crippen LogP contribution in [-0.2, 0) is 5.54 Å². The molecule has 2 aromatic rings. The highest BCUT2D eigenvalue weighted by atomic mass is 16.5. The molecule has 0 N–H and O–H groups in total. The molecule has 0 spiro atoms. The van der Waals surface area contributed by atoms with Crippen molar-refractivity contribution in [1.82, 2.24) is 4.90 Å². The molecule has 0 bridgehead atoms. The van der Waals surface area contributed by atoms with Gasteiger partial charge in [0.2, 0.25) is 0 Å². The molecule has 0 radical (unpaired) electrons. The Morgan fingerprint density at radius 3 is 1.93 bits per heavy atom. The Bertz CT molecular complexity index is 741. The number of hydrogen-bond acceptors (Lipinski definition) is 4. The molecule has 28 heavy (non-hydrogen) atoms. The van der Waals surface area contributed by atoms with Gasteiger partial charge in [-0.05, 0) is 42.7 Å². The zero-order valence-corrected chi connectivity index (χ0v) is 17.2. The minimum absolute atomic E-state index is 0.100. The summed E-state index contributed by atoms with van der Waals surface area (Å²) in [4.78, 5) is 5.25. The van der Waals surface area contributed by atoms with E-state index in [0.29, 0.717) is 0 Å². The molecule has 0 atom stereocenters. The topological polar surface area (TPSA) is 24.9 Å². The molecule has 0 unspecified atom stereocenters. The van der Waals surface area contributed by atoms with Crippen molar-refractivity contribution in [3.8, 4) is 11.5 Å². The molecule has 1 saturated carbocycles. The maximum absolute atomic E-state index is 5.59. The molecule has 150 valence electrons. The fourth-order valence-corrected chi connectivity index (χ4v) is 5.03. The lowest BCUT2D eigenvalue weighted by Gasteiger charge is -2.50. The van der Waals surface area contributed by atoms with Crippen molar-refractivity contribution in [3.63, 3.8) is 0 Å². The molecular weight excluding hydrogens is 348 g/mol. The van der Waals surface area contributed by atoms with Gasteiger partial charge >= 0.3 is 0 Å². The fourth-order valence-electron chi connectivity index (χ4n) is 5.03. The molecule has 0 aromatic heterocycles. The zero-order chi connectivity index (χ0) is 19.4. The van der Waals surface area contributed by atoms with Crippen LogP contribution in [0.15, 0.2) is 48.5 Å². The summed E-state index contributed by atoms with van der Waals surface area (Å²) in [6, 6.07) is 17.2. The van der Waals surface area contributed by atoms with Crippen LogP contribution < -0.4 is 14.4 Å². The summed E-state index contributed by atoms with van der Waals surface area (Å²) in [5.41, 5.74) is 2.79. The van der Waals surface area contributed by atoms with Gasteiger partial charge in [0.15, 0.2) is 0 Å². The van der Waals surface area contributed by atoms with E-state index in [4.69, 9.17) is 9.47 Å². The first kappa shape index (κ1) is 19.1. The summed E-state index contributed by atoms with van der Waals surface area (Å²) in [6.45, 7) is 4.34. The molecule has 2 aromatic carbocycles. The average molecular weight is 381 g/mol. The molecule has 2 aliphatic rings. The lowest BCUT2D eigenvalue weighted by atomic mass is 9.74. The summed E-state index contributed by atoms with van der Waals surface area (Å²) < 4.78 is 11.2. The maximum Gasteiger partial charge on any atom is 0.122 e. The molecule has 1 heterocycles. The van der Waals surface area contributed by atoms with Crippen molar-refractivity contribution in [3.05, 3.63) is 54.1 Å². The van der Waals surface area contributed by atoms with Crippen LogP contribution >= 0.6 is 0 Å². The Kier molecular flexibility index (Phi) is 5.77.